The number of aromatic nitrogens is 4. The summed E-state index contributed by atoms with van der Waals surface area (Å²) in [6.45, 7) is -0.547. The number of fused-ring (bicyclic) bond motifs is 5. The van der Waals surface area contributed by atoms with E-state index < -0.39 is 35.6 Å². The number of nitrogens with one attached hydrogen (secondary N) is 1. The molecule has 0 radical (unpaired) electrons. The van der Waals surface area contributed by atoms with Crippen molar-refractivity contribution in [2.45, 2.75) is 38.4 Å². The number of thiophene rings is 1. The largest absolute Gasteiger partial charge is 0.418 e. The van der Waals surface area contributed by atoms with Gasteiger partial charge in [-0.15, -0.1) is 16.4 Å². The molecule has 0 fully saturated rings. The lowest BCUT2D eigenvalue weighted by Crippen LogP contribution is -2.28. The molecule has 5 rings (SSSR count). The van der Waals surface area contributed by atoms with Crippen molar-refractivity contribution < 1.29 is 18.0 Å². The van der Waals surface area contributed by atoms with Crippen LogP contribution in [-0.2, 0) is 30.4 Å². The summed E-state index contributed by atoms with van der Waals surface area (Å²) < 4.78 is 42.0. The predicted octanol–water partition coefficient (Wildman–Crippen LogP) is 4.30. The predicted molar refractivity (Wildman–Crippen MR) is 114 cm³/mol. The minimum absolute atomic E-state index is 0.109. The van der Waals surface area contributed by atoms with Crippen LogP contribution in [0.25, 0.3) is 15.9 Å². The van der Waals surface area contributed by atoms with Crippen LogP contribution in [0.4, 0.5) is 18.9 Å². The van der Waals surface area contributed by atoms with E-state index >= 15 is 0 Å². The molecule has 0 spiro atoms. The zero-order chi connectivity index (χ0) is 22.6. The number of carbonyl (C=O) groups is 1. The third-order valence-corrected chi connectivity index (χ3v) is 6.83. The monoisotopic (exact) mass is 481 g/mol. The number of aryl methyl sites for hydroxylation is 2. The number of alkyl halides is 3. The standard InChI is InChI=1S/C20H15ClF3N5O2S/c21-10-5-6-13(12(7-10)20(22,23)24)26-15(30)8-29-19(31)28-9-25-18-16(17(28)27-29)11-3-1-2-4-14(11)32-18/h5-7,9H,1-4,8H2,(H,26,30). The van der Waals surface area contributed by atoms with E-state index in [1.54, 1.807) is 11.3 Å². The number of rotatable bonds is 3. The van der Waals surface area contributed by atoms with Gasteiger partial charge in [0.25, 0.3) is 0 Å². The summed E-state index contributed by atoms with van der Waals surface area (Å²) in [7, 11) is 0. The zero-order valence-corrected chi connectivity index (χ0v) is 17.9. The molecule has 166 valence electrons. The van der Waals surface area contributed by atoms with Crippen LogP contribution >= 0.6 is 22.9 Å². The molecule has 4 aromatic rings. The number of nitrogens with zero attached hydrogens (tertiary/aromatic N) is 4. The first-order valence-electron chi connectivity index (χ1n) is 9.77. The first kappa shape index (κ1) is 21.0. The maximum absolute atomic E-state index is 13.3. The number of halogens is 4. The van der Waals surface area contributed by atoms with Crippen molar-refractivity contribution in [1.82, 2.24) is 19.2 Å². The first-order valence-corrected chi connectivity index (χ1v) is 11.0. The fourth-order valence-electron chi connectivity index (χ4n) is 3.97. The molecule has 3 aromatic heterocycles. The molecule has 1 aromatic carbocycles. The minimum Gasteiger partial charge on any atom is -0.324 e. The Morgan fingerprint density at radius 3 is 2.81 bits per heavy atom. The van der Waals surface area contributed by atoms with Crippen molar-refractivity contribution in [3.63, 3.8) is 0 Å². The highest BCUT2D eigenvalue weighted by atomic mass is 35.5. The summed E-state index contributed by atoms with van der Waals surface area (Å²) in [6.07, 6.45) is 0.624. The van der Waals surface area contributed by atoms with Crippen molar-refractivity contribution in [3.05, 3.63) is 56.0 Å². The van der Waals surface area contributed by atoms with Crippen LogP contribution in [0.2, 0.25) is 5.02 Å². The average molecular weight is 482 g/mol. The molecular weight excluding hydrogens is 467 g/mol. The molecule has 0 unspecified atom stereocenters. The minimum atomic E-state index is -4.71. The highest BCUT2D eigenvalue weighted by molar-refractivity contribution is 7.19. The lowest BCUT2D eigenvalue weighted by Gasteiger charge is -2.14. The quantitative estimate of drug-likeness (QED) is 0.473. The zero-order valence-electron chi connectivity index (χ0n) is 16.4. The third-order valence-electron chi connectivity index (χ3n) is 5.39. The maximum Gasteiger partial charge on any atom is 0.418 e. The second-order valence-electron chi connectivity index (χ2n) is 7.51. The van der Waals surface area contributed by atoms with Crippen molar-refractivity contribution in [2.75, 3.05) is 5.32 Å². The van der Waals surface area contributed by atoms with Crippen molar-refractivity contribution in [3.8, 4) is 0 Å². The molecule has 1 amide bonds. The summed E-state index contributed by atoms with van der Waals surface area (Å²) in [5.41, 5.74) is -0.578. The van der Waals surface area contributed by atoms with Crippen LogP contribution in [0.3, 0.4) is 0 Å². The molecule has 12 heteroatoms. The van der Waals surface area contributed by atoms with Gasteiger partial charge in [0.1, 0.15) is 17.7 Å². The first-order chi connectivity index (χ1) is 15.2. The van der Waals surface area contributed by atoms with Gasteiger partial charge in [0.15, 0.2) is 5.65 Å². The molecule has 0 atom stereocenters. The molecule has 0 saturated heterocycles. The van der Waals surface area contributed by atoms with Gasteiger partial charge >= 0.3 is 11.9 Å². The van der Waals surface area contributed by atoms with Gasteiger partial charge in [-0.25, -0.2) is 18.9 Å². The number of amides is 1. The smallest absolute Gasteiger partial charge is 0.324 e. The number of carbonyl (C=O) groups excluding carboxylic acids is 1. The van der Waals surface area contributed by atoms with Crippen LogP contribution < -0.4 is 11.0 Å². The summed E-state index contributed by atoms with van der Waals surface area (Å²) in [5.74, 6) is -0.820. The molecule has 0 aliphatic heterocycles. The highest BCUT2D eigenvalue weighted by Gasteiger charge is 2.34. The molecule has 0 bridgehead atoms. The van der Waals surface area contributed by atoms with Gasteiger partial charge in [-0.2, -0.15) is 13.2 Å². The van der Waals surface area contributed by atoms with Crippen molar-refractivity contribution in [2.24, 2.45) is 0 Å². The van der Waals surface area contributed by atoms with Crippen LogP contribution in [0, 0.1) is 0 Å². The summed E-state index contributed by atoms with van der Waals surface area (Å²) >= 11 is 7.25. The second kappa shape index (κ2) is 7.59. The Balaban J connectivity index is 1.49. The van der Waals surface area contributed by atoms with E-state index in [0.717, 1.165) is 58.3 Å². The van der Waals surface area contributed by atoms with E-state index in [-0.39, 0.29) is 5.02 Å². The van der Waals surface area contributed by atoms with E-state index in [0.29, 0.717) is 5.65 Å². The molecule has 1 aliphatic rings. The fraction of sp³-hybridized carbons (Fsp3) is 0.300. The molecule has 1 aliphatic carbocycles. The molecule has 1 N–H and O–H groups in total. The van der Waals surface area contributed by atoms with E-state index in [1.165, 1.54) is 21.7 Å². The Morgan fingerprint density at radius 2 is 2.03 bits per heavy atom. The van der Waals surface area contributed by atoms with Gasteiger partial charge in [0, 0.05) is 9.90 Å². The van der Waals surface area contributed by atoms with Crippen LogP contribution in [0.15, 0.2) is 29.3 Å². The Labute approximate surface area is 187 Å². The molecule has 0 saturated carbocycles. The normalized spacial score (nSPS) is 14.1. The average Bonchev–Trinajstić information content (AvgIpc) is 3.26. The lowest BCUT2D eigenvalue weighted by molar-refractivity contribution is -0.137. The van der Waals surface area contributed by atoms with E-state index in [1.807, 2.05) is 0 Å². The Bertz CT molecular complexity index is 1440. The highest BCUT2D eigenvalue weighted by Crippen LogP contribution is 2.37. The van der Waals surface area contributed by atoms with E-state index in [4.69, 9.17) is 11.6 Å². The Kier molecular flexibility index (Phi) is 4.97. The SMILES string of the molecule is O=C(Cn1nc2c3c4c(sc3ncn2c1=O)CCCC4)Nc1ccc(Cl)cc1C(F)(F)F. The van der Waals surface area contributed by atoms with Gasteiger partial charge < -0.3 is 5.32 Å². The van der Waals surface area contributed by atoms with Crippen molar-refractivity contribution in [1.29, 1.82) is 0 Å². The van der Waals surface area contributed by atoms with Crippen LogP contribution in [0.1, 0.15) is 28.8 Å². The van der Waals surface area contributed by atoms with Crippen molar-refractivity contribution >= 4 is 50.4 Å². The van der Waals surface area contributed by atoms with Gasteiger partial charge in [-0.05, 0) is 49.4 Å². The molecule has 7 nitrogen and oxygen atoms in total. The second-order valence-corrected chi connectivity index (χ2v) is 9.03. The summed E-state index contributed by atoms with van der Waals surface area (Å²) in [5, 5.41) is 7.22. The maximum atomic E-state index is 13.3. The summed E-state index contributed by atoms with van der Waals surface area (Å²) in [4.78, 5) is 31.6. The van der Waals surface area contributed by atoms with E-state index in [9.17, 15) is 22.8 Å². The molecule has 3 heterocycles. The number of hydrogen-bond donors (Lipinski definition) is 1. The molecule has 32 heavy (non-hydrogen) atoms. The Morgan fingerprint density at radius 1 is 1.25 bits per heavy atom. The Hall–Kier alpha value is -2.92. The van der Waals surface area contributed by atoms with Crippen LogP contribution in [-0.4, -0.2) is 25.1 Å². The number of hydrogen-bond acceptors (Lipinski definition) is 5. The third kappa shape index (κ3) is 3.55. The van der Waals surface area contributed by atoms with Gasteiger partial charge in [-0.3, -0.25) is 4.79 Å². The van der Waals surface area contributed by atoms with Crippen LogP contribution in [0.5, 0.6) is 0 Å². The lowest BCUT2D eigenvalue weighted by atomic mass is 9.97. The van der Waals surface area contributed by atoms with Gasteiger partial charge in [0.05, 0.1) is 16.6 Å². The number of benzene rings is 1. The van der Waals surface area contributed by atoms with E-state index in [2.05, 4.69) is 15.4 Å². The molecular formula is C20H15ClF3N5O2S. The fourth-order valence-corrected chi connectivity index (χ4v) is 5.36. The van der Waals surface area contributed by atoms with Gasteiger partial charge in [-0.1, -0.05) is 11.6 Å². The number of anilines is 1. The van der Waals surface area contributed by atoms with Gasteiger partial charge in [0.2, 0.25) is 5.91 Å². The summed E-state index contributed by atoms with van der Waals surface area (Å²) in [6, 6.07) is 3.04. The topological polar surface area (TPSA) is 81.3 Å².